The number of anilines is 2. The van der Waals surface area contributed by atoms with Crippen molar-refractivity contribution in [2.75, 3.05) is 36.9 Å². The summed E-state index contributed by atoms with van der Waals surface area (Å²) in [5.74, 6) is -0.0836. The van der Waals surface area contributed by atoms with E-state index >= 15 is 0 Å². The minimum absolute atomic E-state index is 0.0339. The Labute approximate surface area is 255 Å². The fourth-order valence-corrected chi connectivity index (χ4v) is 6.28. The van der Waals surface area contributed by atoms with E-state index < -0.39 is 11.9 Å². The Balaban J connectivity index is 1.36. The molecule has 10 nitrogen and oxygen atoms in total. The second kappa shape index (κ2) is 12.2. The fourth-order valence-electron chi connectivity index (χ4n) is 5.24. The van der Waals surface area contributed by atoms with Crippen molar-refractivity contribution < 1.29 is 4.39 Å². The van der Waals surface area contributed by atoms with Crippen molar-refractivity contribution in [2.24, 2.45) is 4.99 Å². The first-order valence-electron chi connectivity index (χ1n) is 13.5. The van der Waals surface area contributed by atoms with E-state index in [0.29, 0.717) is 38.8 Å². The molecule has 0 radical (unpaired) electrons. The summed E-state index contributed by atoms with van der Waals surface area (Å²) < 4.78 is 15.8. The number of aromatic nitrogens is 4. The average Bonchev–Trinajstić information content (AvgIpc) is 3.72. The van der Waals surface area contributed by atoms with Gasteiger partial charge in [-0.3, -0.25) is 4.99 Å². The number of hydrogen-bond acceptors (Lipinski definition) is 10. The molecule has 2 N–H and O–H groups in total. The molecule has 0 bridgehead atoms. The molecule has 0 saturated carbocycles. The first kappa shape index (κ1) is 28.4. The van der Waals surface area contributed by atoms with Gasteiger partial charge in [-0.15, -0.1) is 16.4 Å². The zero-order valence-corrected chi connectivity index (χ0v) is 25.0. The van der Waals surface area contributed by atoms with Crippen molar-refractivity contribution in [3.63, 3.8) is 0 Å². The van der Waals surface area contributed by atoms with Crippen LogP contribution in [0.15, 0.2) is 52.4 Å². The summed E-state index contributed by atoms with van der Waals surface area (Å²) in [4.78, 5) is 12.9. The molecule has 2 aromatic carbocycles. The van der Waals surface area contributed by atoms with E-state index in [0.717, 1.165) is 43.9 Å². The maximum atomic E-state index is 13.8. The van der Waals surface area contributed by atoms with Crippen LogP contribution in [-0.2, 0) is 0 Å². The normalized spacial score (nSPS) is 16.5. The number of hydrogen-bond donors (Lipinski definition) is 2. The molecule has 14 heteroatoms. The molecular weight excluding hydrogens is 598 g/mol. The molecule has 2 aromatic heterocycles. The van der Waals surface area contributed by atoms with E-state index in [1.165, 1.54) is 28.4 Å². The summed E-state index contributed by atoms with van der Waals surface area (Å²) in [6.45, 7) is 5.40. The highest BCUT2D eigenvalue weighted by Gasteiger charge is 2.25. The predicted molar refractivity (Wildman–Crippen MR) is 161 cm³/mol. The topological polar surface area (TPSA) is 110 Å². The fraction of sp³-hybridized carbons (Fsp3) is 0.321. The number of fused-ring (bicyclic) bond motifs is 1. The van der Waals surface area contributed by atoms with Crippen molar-refractivity contribution in [3.05, 3.63) is 85.2 Å². The predicted octanol–water partition coefficient (Wildman–Crippen LogP) is 4.59. The van der Waals surface area contributed by atoms with E-state index in [1.54, 1.807) is 17.6 Å². The largest absolute Gasteiger partial charge is 0.371 e. The number of likely N-dealkylation sites (tertiary alicyclic amines) is 1. The monoisotopic (exact) mass is 624 g/mol. The van der Waals surface area contributed by atoms with Gasteiger partial charge in [-0.2, -0.15) is 5.26 Å². The first-order valence-corrected chi connectivity index (χ1v) is 15.2. The second-order valence-electron chi connectivity index (χ2n) is 10.1. The molecule has 0 aliphatic carbocycles. The second-order valence-corrected chi connectivity index (χ2v) is 11.6. The Bertz CT molecular complexity index is 1750. The van der Waals surface area contributed by atoms with Gasteiger partial charge in [0.05, 0.1) is 38.8 Å². The molecule has 2 aliphatic rings. The lowest BCUT2D eigenvalue weighted by Crippen LogP contribution is -2.42. The van der Waals surface area contributed by atoms with Crippen LogP contribution in [0.2, 0.25) is 10.0 Å². The van der Waals surface area contributed by atoms with Crippen molar-refractivity contribution in [1.29, 1.82) is 5.26 Å². The van der Waals surface area contributed by atoms with Gasteiger partial charge in [0.15, 0.2) is 6.19 Å². The lowest BCUT2D eigenvalue weighted by atomic mass is 10.1. The highest BCUT2D eigenvalue weighted by atomic mass is 35.5. The van der Waals surface area contributed by atoms with Gasteiger partial charge in [0, 0.05) is 35.1 Å². The minimum atomic E-state index is -0.533. The van der Waals surface area contributed by atoms with Crippen LogP contribution in [0.25, 0.3) is 5.82 Å². The van der Waals surface area contributed by atoms with Crippen LogP contribution >= 0.6 is 34.5 Å². The molecule has 0 spiro atoms. The van der Waals surface area contributed by atoms with Crippen LogP contribution in [0.4, 0.5) is 15.8 Å². The van der Waals surface area contributed by atoms with E-state index in [1.807, 2.05) is 22.3 Å². The van der Waals surface area contributed by atoms with Crippen LogP contribution in [0.5, 0.6) is 0 Å². The maximum absolute atomic E-state index is 13.8. The third-order valence-electron chi connectivity index (χ3n) is 7.52. The van der Waals surface area contributed by atoms with Crippen molar-refractivity contribution in [2.45, 2.75) is 31.8 Å². The van der Waals surface area contributed by atoms with Gasteiger partial charge in [-0.25, -0.2) is 19.0 Å². The summed E-state index contributed by atoms with van der Waals surface area (Å²) >= 11 is 14.2. The molecule has 1 fully saturated rings. The van der Waals surface area contributed by atoms with Crippen molar-refractivity contribution in [3.8, 4) is 6.19 Å². The lowest BCUT2D eigenvalue weighted by molar-refractivity contribution is 0.186. The Hall–Kier alpha value is -3.76. The van der Waals surface area contributed by atoms with Crippen LogP contribution in [0.1, 0.15) is 43.2 Å². The smallest absolute Gasteiger partial charge is 0.187 e. The zero-order chi connectivity index (χ0) is 29.2. The van der Waals surface area contributed by atoms with Crippen molar-refractivity contribution in [1.82, 2.24) is 29.8 Å². The third kappa shape index (κ3) is 5.78. The SMILES string of the molecule is CCN1CCC(n2cc(C(Nc3cc(Cl)c4c(c3)=C(Nc3ccc(F)c(Cl)c3)N(C#N)CN=4)c3cscn3)nn2)CC1. The van der Waals surface area contributed by atoms with Crippen molar-refractivity contribution >= 4 is 51.7 Å². The van der Waals surface area contributed by atoms with Gasteiger partial charge in [0.1, 0.15) is 30.0 Å². The standard InChI is InChI=1S/C28H27Cl2FN10S/c1-2-39-7-5-19(6-8-39)41-12-24(37-38-41)27(25-13-42-16-34-25)35-18-9-20-26(22(30)11-18)33-15-40(14-32)28(20)36-17-3-4-23(31)21(29)10-17/h3-4,9-13,16,19,27,35-36H,2,5-8,15H2,1H3. The van der Waals surface area contributed by atoms with Gasteiger partial charge >= 0.3 is 0 Å². The van der Waals surface area contributed by atoms with Crippen LogP contribution in [-0.4, -0.2) is 56.1 Å². The molecule has 4 aromatic rings. The molecular formula is C28H27Cl2FN10S. The molecule has 1 saturated heterocycles. The molecule has 216 valence electrons. The molecule has 1 atom stereocenters. The lowest BCUT2D eigenvalue weighted by Gasteiger charge is -2.30. The van der Waals surface area contributed by atoms with E-state index in [9.17, 15) is 9.65 Å². The number of piperidine rings is 1. The highest BCUT2D eigenvalue weighted by molar-refractivity contribution is 7.07. The summed E-state index contributed by atoms with van der Waals surface area (Å²) in [5, 5.41) is 29.1. The first-order chi connectivity index (χ1) is 20.4. The van der Waals surface area contributed by atoms with Crippen LogP contribution in [0, 0.1) is 17.3 Å². The maximum Gasteiger partial charge on any atom is 0.187 e. The quantitative estimate of drug-likeness (QED) is 0.274. The number of halogens is 3. The Morgan fingerprint density at radius 1 is 1.14 bits per heavy atom. The molecule has 2 aliphatic heterocycles. The minimum Gasteiger partial charge on any atom is -0.371 e. The molecule has 6 rings (SSSR count). The molecule has 4 heterocycles. The number of benzene rings is 2. The molecule has 0 amide bonds. The number of nitriles is 1. The summed E-state index contributed by atoms with van der Waals surface area (Å²) in [5.41, 5.74) is 4.50. The molecule has 42 heavy (non-hydrogen) atoms. The number of rotatable bonds is 8. The number of nitrogens with zero attached hydrogens (tertiary/aromatic N) is 8. The van der Waals surface area contributed by atoms with E-state index in [4.69, 9.17) is 23.2 Å². The Morgan fingerprint density at radius 3 is 2.67 bits per heavy atom. The number of thiazole rings is 1. The Morgan fingerprint density at radius 2 is 1.95 bits per heavy atom. The third-order valence-corrected chi connectivity index (χ3v) is 8.70. The van der Waals surface area contributed by atoms with Gasteiger partial charge in [-0.05, 0) is 49.7 Å². The summed E-state index contributed by atoms with van der Waals surface area (Å²) in [6, 6.07) is 7.84. The van der Waals surface area contributed by atoms with E-state index in [2.05, 4.69) is 48.9 Å². The van der Waals surface area contributed by atoms with Crippen LogP contribution < -0.4 is 21.2 Å². The van der Waals surface area contributed by atoms with E-state index in [-0.39, 0.29) is 11.7 Å². The average molecular weight is 626 g/mol. The van der Waals surface area contributed by atoms with Crippen LogP contribution in [0.3, 0.4) is 0 Å². The van der Waals surface area contributed by atoms with Gasteiger partial charge < -0.3 is 15.5 Å². The molecule has 1 unspecified atom stereocenters. The summed E-state index contributed by atoms with van der Waals surface area (Å²) in [6.07, 6.45) is 6.19. The zero-order valence-electron chi connectivity index (χ0n) is 22.6. The Kier molecular flexibility index (Phi) is 8.26. The summed E-state index contributed by atoms with van der Waals surface area (Å²) in [7, 11) is 0. The van der Waals surface area contributed by atoms with Gasteiger partial charge in [0.25, 0.3) is 0 Å². The number of nitrogens with one attached hydrogen (secondary N) is 2. The highest BCUT2D eigenvalue weighted by Crippen LogP contribution is 2.28. The van der Waals surface area contributed by atoms with Gasteiger partial charge in [-0.1, -0.05) is 35.3 Å². The van der Waals surface area contributed by atoms with Gasteiger partial charge in [0.2, 0.25) is 0 Å².